The summed E-state index contributed by atoms with van der Waals surface area (Å²) < 4.78 is 13.2. The number of aliphatic hydroxyl groups excluding tert-OH is 1. The molecule has 1 nitrogen and oxygen atoms in total. The minimum Gasteiger partial charge on any atom is -0.512 e. The molecule has 0 aromatic carbocycles. The van der Waals surface area contributed by atoms with E-state index in [1.807, 2.05) is 0 Å². The van der Waals surface area contributed by atoms with Gasteiger partial charge in [0.1, 0.15) is 13.9 Å². The molecule has 3 heteroatoms. The highest BCUT2D eigenvalue weighted by Crippen LogP contribution is 2.22. The van der Waals surface area contributed by atoms with Crippen LogP contribution < -0.4 is 0 Å². The van der Waals surface area contributed by atoms with Crippen molar-refractivity contribution >= 4 is 8.07 Å². The molecule has 14 heavy (non-hydrogen) atoms. The second-order valence-corrected chi connectivity index (χ2v) is 9.20. The normalized spacial score (nSPS) is 17.3. The molecule has 0 fully saturated rings. The highest BCUT2D eigenvalue weighted by atomic mass is 28.3. The molecule has 0 unspecified atom stereocenters. The van der Waals surface area contributed by atoms with Gasteiger partial charge in [-0.15, -0.1) is 5.54 Å². The van der Waals surface area contributed by atoms with Gasteiger partial charge in [0, 0.05) is 12.8 Å². The maximum atomic E-state index is 13.2. The van der Waals surface area contributed by atoms with E-state index in [1.54, 1.807) is 0 Å². The smallest absolute Gasteiger partial charge is 0.129 e. The van der Waals surface area contributed by atoms with Gasteiger partial charge in [0.25, 0.3) is 0 Å². The summed E-state index contributed by atoms with van der Waals surface area (Å²) in [5.74, 6) is 2.85. The third-order valence-corrected chi connectivity index (χ3v) is 2.65. The third kappa shape index (κ3) is 3.39. The molecule has 0 bridgehead atoms. The summed E-state index contributed by atoms with van der Waals surface area (Å²) in [6, 6.07) is 0. The van der Waals surface area contributed by atoms with E-state index in [2.05, 4.69) is 31.1 Å². The monoisotopic (exact) mass is 210 g/mol. The van der Waals surface area contributed by atoms with Crippen LogP contribution in [0.4, 0.5) is 4.39 Å². The van der Waals surface area contributed by atoms with Crippen LogP contribution in [0.15, 0.2) is 23.2 Å². The van der Waals surface area contributed by atoms with Gasteiger partial charge in [0.15, 0.2) is 0 Å². The van der Waals surface area contributed by atoms with Gasteiger partial charge < -0.3 is 5.11 Å². The second kappa shape index (κ2) is 4.01. The Labute approximate surface area is 85.3 Å². The van der Waals surface area contributed by atoms with E-state index in [0.29, 0.717) is 12.0 Å². The average molecular weight is 210 g/mol. The Balaban J connectivity index is 2.92. The molecular weight excluding hydrogens is 195 g/mol. The van der Waals surface area contributed by atoms with Crippen LogP contribution in [0.1, 0.15) is 12.8 Å². The van der Waals surface area contributed by atoms with E-state index in [-0.39, 0.29) is 18.0 Å². The molecule has 1 aliphatic rings. The fourth-order valence-electron chi connectivity index (χ4n) is 1.05. The Bertz CT molecular complexity index is 350. The highest BCUT2D eigenvalue weighted by Gasteiger charge is 2.12. The van der Waals surface area contributed by atoms with Crippen LogP contribution in [0, 0.1) is 11.5 Å². The van der Waals surface area contributed by atoms with Crippen LogP contribution in [0.3, 0.4) is 0 Å². The molecule has 0 radical (unpaired) electrons. The maximum absolute atomic E-state index is 13.2. The number of allylic oxidation sites excluding steroid dienone is 4. The van der Waals surface area contributed by atoms with Gasteiger partial charge in [0.2, 0.25) is 0 Å². The predicted octanol–water partition coefficient (Wildman–Crippen LogP) is 3.33. The molecule has 0 aromatic heterocycles. The van der Waals surface area contributed by atoms with Crippen molar-refractivity contribution < 1.29 is 9.50 Å². The van der Waals surface area contributed by atoms with Crippen LogP contribution in [-0.2, 0) is 0 Å². The maximum Gasteiger partial charge on any atom is 0.129 e. The van der Waals surface area contributed by atoms with Crippen LogP contribution in [-0.4, -0.2) is 13.2 Å². The molecule has 0 amide bonds. The van der Waals surface area contributed by atoms with Crippen molar-refractivity contribution in [1.29, 1.82) is 0 Å². The van der Waals surface area contributed by atoms with Crippen LogP contribution in [0.25, 0.3) is 0 Å². The Morgan fingerprint density at radius 1 is 1.36 bits per heavy atom. The summed E-state index contributed by atoms with van der Waals surface area (Å²) in [4.78, 5) is 0. The molecule has 0 aliphatic heterocycles. The van der Waals surface area contributed by atoms with Crippen molar-refractivity contribution in [1.82, 2.24) is 0 Å². The van der Waals surface area contributed by atoms with E-state index in [4.69, 9.17) is 0 Å². The van der Waals surface area contributed by atoms with Gasteiger partial charge in [-0.05, 0) is 6.08 Å². The van der Waals surface area contributed by atoms with Gasteiger partial charge in [-0.2, -0.15) is 0 Å². The summed E-state index contributed by atoms with van der Waals surface area (Å²) >= 11 is 0. The molecule has 1 aliphatic carbocycles. The number of hydrogen-bond donors (Lipinski definition) is 1. The average Bonchev–Trinajstić information content (AvgIpc) is 2.05. The van der Waals surface area contributed by atoms with Crippen molar-refractivity contribution in [3.63, 3.8) is 0 Å². The first-order chi connectivity index (χ1) is 6.38. The zero-order valence-corrected chi connectivity index (χ0v) is 9.82. The molecule has 0 heterocycles. The minimum atomic E-state index is -1.47. The number of halogens is 1. The lowest BCUT2D eigenvalue weighted by molar-refractivity contribution is 0.376. The molecule has 1 rings (SSSR count). The van der Waals surface area contributed by atoms with Crippen molar-refractivity contribution in [3.05, 3.63) is 23.2 Å². The lowest BCUT2D eigenvalue weighted by Gasteiger charge is -2.08. The number of aliphatic hydroxyl groups is 1. The molecule has 0 atom stereocenters. The van der Waals surface area contributed by atoms with Crippen molar-refractivity contribution in [3.8, 4) is 11.5 Å². The van der Waals surface area contributed by atoms with Gasteiger partial charge in [0.05, 0.1) is 11.3 Å². The Hall–Kier alpha value is -1.01. The minimum absolute atomic E-state index is 0.200. The number of hydrogen-bond acceptors (Lipinski definition) is 1. The van der Waals surface area contributed by atoms with Gasteiger partial charge >= 0.3 is 0 Å². The molecule has 1 N–H and O–H groups in total. The first-order valence-electron chi connectivity index (χ1n) is 4.70. The first kappa shape index (κ1) is 11.1. The zero-order valence-electron chi connectivity index (χ0n) is 8.82. The SMILES string of the molecule is C[Si](C)(C)C#CC1=C(F)CCC(O)=C1. The molecule has 0 spiro atoms. The summed E-state index contributed by atoms with van der Waals surface area (Å²) in [5.41, 5.74) is 3.44. The second-order valence-electron chi connectivity index (χ2n) is 4.45. The van der Waals surface area contributed by atoms with Crippen LogP contribution in [0.2, 0.25) is 19.6 Å². The van der Waals surface area contributed by atoms with Crippen molar-refractivity contribution in [2.45, 2.75) is 32.5 Å². The lowest BCUT2D eigenvalue weighted by atomic mass is 10.1. The van der Waals surface area contributed by atoms with E-state index < -0.39 is 8.07 Å². The molecule has 0 saturated heterocycles. The summed E-state index contributed by atoms with van der Waals surface area (Å²) in [6.07, 6.45) is 2.11. The van der Waals surface area contributed by atoms with Crippen LogP contribution >= 0.6 is 0 Å². The molecule has 0 saturated carbocycles. The highest BCUT2D eigenvalue weighted by molar-refractivity contribution is 6.83. The van der Waals surface area contributed by atoms with Crippen molar-refractivity contribution in [2.24, 2.45) is 0 Å². The predicted molar refractivity (Wildman–Crippen MR) is 59.2 cm³/mol. The van der Waals surface area contributed by atoms with Crippen molar-refractivity contribution in [2.75, 3.05) is 0 Å². The van der Waals surface area contributed by atoms with E-state index in [9.17, 15) is 9.50 Å². The summed E-state index contributed by atoms with van der Waals surface area (Å²) in [7, 11) is -1.47. The van der Waals surface area contributed by atoms with E-state index in [0.717, 1.165) is 0 Å². The quantitative estimate of drug-likeness (QED) is 0.480. The summed E-state index contributed by atoms with van der Waals surface area (Å²) in [5, 5.41) is 9.23. The molecule has 0 aromatic rings. The standard InChI is InChI=1S/C11H15FOSi/c1-14(2,3)7-6-9-8-10(13)4-5-11(9)12/h8,13H,4-5H2,1-3H3. The van der Waals surface area contributed by atoms with Gasteiger partial charge in [-0.1, -0.05) is 25.6 Å². The fraction of sp³-hybridized carbons (Fsp3) is 0.455. The Kier molecular flexibility index (Phi) is 3.17. The first-order valence-corrected chi connectivity index (χ1v) is 8.20. The van der Waals surface area contributed by atoms with E-state index in [1.165, 1.54) is 6.08 Å². The fourth-order valence-corrected chi connectivity index (χ4v) is 1.56. The Morgan fingerprint density at radius 2 is 2.00 bits per heavy atom. The lowest BCUT2D eigenvalue weighted by Crippen LogP contribution is -2.16. The Morgan fingerprint density at radius 3 is 2.57 bits per heavy atom. The molecule has 76 valence electrons. The van der Waals surface area contributed by atoms with E-state index >= 15 is 0 Å². The number of rotatable bonds is 0. The van der Waals surface area contributed by atoms with Gasteiger partial charge in [-0.25, -0.2) is 4.39 Å². The van der Waals surface area contributed by atoms with Crippen LogP contribution in [0.5, 0.6) is 0 Å². The largest absolute Gasteiger partial charge is 0.512 e. The zero-order chi connectivity index (χ0) is 10.8. The molecular formula is C11H15FOSi. The third-order valence-electron chi connectivity index (χ3n) is 1.78. The summed E-state index contributed by atoms with van der Waals surface area (Å²) in [6.45, 7) is 6.31. The van der Waals surface area contributed by atoms with Gasteiger partial charge in [-0.3, -0.25) is 0 Å². The topological polar surface area (TPSA) is 20.2 Å².